The van der Waals surface area contributed by atoms with Crippen LogP contribution in [0.3, 0.4) is 0 Å². The van der Waals surface area contributed by atoms with Crippen LogP contribution in [0, 0.1) is 5.82 Å². The van der Waals surface area contributed by atoms with Crippen LogP contribution < -0.4 is 10.6 Å². The molecule has 0 amide bonds. The van der Waals surface area contributed by atoms with Crippen molar-refractivity contribution in [3.05, 3.63) is 34.1 Å². The van der Waals surface area contributed by atoms with Gasteiger partial charge in [0, 0.05) is 19.6 Å². The Bertz CT molecular complexity index is 318. The Morgan fingerprint density at radius 1 is 1.19 bits per heavy atom. The summed E-state index contributed by atoms with van der Waals surface area (Å²) >= 11 is 3.24. The first kappa shape index (κ1) is 13.6. The van der Waals surface area contributed by atoms with E-state index in [4.69, 9.17) is 0 Å². The molecule has 16 heavy (non-hydrogen) atoms. The molecule has 90 valence electrons. The summed E-state index contributed by atoms with van der Waals surface area (Å²) in [7, 11) is 0. The maximum Gasteiger partial charge on any atom is 0.137 e. The minimum absolute atomic E-state index is 0.205. The summed E-state index contributed by atoms with van der Waals surface area (Å²) < 4.78 is 13.7. The van der Waals surface area contributed by atoms with Gasteiger partial charge in [-0.3, -0.25) is 0 Å². The highest BCUT2D eigenvalue weighted by Gasteiger charge is 2.03. The quantitative estimate of drug-likeness (QED) is 0.754. The molecule has 0 atom stereocenters. The van der Waals surface area contributed by atoms with Crippen molar-refractivity contribution in [2.45, 2.75) is 19.9 Å². The number of hydrogen-bond acceptors (Lipinski definition) is 2. The van der Waals surface area contributed by atoms with Crippen LogP contribution in [-0.2, 0) is 6.54 Å². The summed E-state index contributed by atoms with van der Waals surface area (Å²) in [6.45, 7) is 5.71. The third-order valence-electron chi connectivity index (χ3n) is 2.25. The highest BCUT2D eigenvalue weighted by atomic mass is 79.9. The van der Waals surface area contributed by atoms with Crippen LogP contribution in [0.4, 0.5) is 4.39 Å². The Balaban J connectivity index is 2.24. The van der Waals surface area contributed by atoms with Crippen molar-refractivity contribution >= 4 is 15.9 Å². The SMILES string of the molecule is CCCNCCNCc1cccc(F)c1Br. The first-order valence-electron chi connectivity index (χ1n) is 5.60. The van der Waals surface area contributed by atoms with E-state index >= 15 is 0 Å². The molecule has 0 spiro atoms. The monoisotopic (exact) mass is 288 g/mol. The molecule has 0 fully saturated rings. The van der Waals surface area contributed by atoms with Gasteiger partial charge < -0.3 is 10.6 Å². The van der Waals surface area contributed by atoms with E-state index < -0.39 is 0 Å². The number of nitrogens with one attached hydrogen (secondary N) is 2. The standard InChI is InChI=1S/C12H18BrFN2/c1-2-6-15-7-8-16-9-10-4-3-5-11(14)12(10)13/h3-5,15-16H,2,6-9H2,1H3. The van der Waals surface area contributed by atoms with E-state index in [9.17, 15) is 4.39 Å². The molecule has 0 saturated carbocycles. The van der Waals surface area contributed by atoms with Crippen molar-refractivity contribution < 1.29 is 4.39 Å². The largest absolute Gasteiger partial charge is 0.315 e. The molecule has 0 saturated heterocycles. The summed E-state index contributed by atoms with van der Waals surface area (Å²) in [4.78, 5) is 0. The van der Waals surface area contributed by atoms with Gasteiger partial charge in [-0.25, -0.2) is 4.39 Å². The van der Waals surface area contributed by atoms with E-state index in [2.05, 4.69) is 33.5 Å². The highest BCUT2D eigenvalue weighted by molar-refractivity contribution is 9.10. The summed E-state index contributed by atoms with van der Waals surface area (Å²) in [6.07, 6.45) is 1.15. The third kappa shape index (κ3) is 4.60. The molecule has 0 heterocycles. The first-order valence-corrected chi connectivity index (χ1v) is 6.39. The molecular formula is C12H18BrFN2. The van der Waals surface area contributed by atoms with Crippen molar-refractivity contribution in [3.8, 4) is 0 Å². The third-order valence-corrected chi connectivity index (χ3v) is 3.14. The minimum atomic E-state index is -0.205. The molecule has 1 rings (SSSR count). The van der Waals surface area contributed by atoms with E-state index in [0.717, 1.165) is 31.6 Å². The van der Waals surface area contributed by atoms with Crippen LogP contribution in [0.1, 0.15) is 18.9 Å². The summed E-state index contributed by atoms with van der Waals surface area (Å²) in [5.41, 5.74) is 0.954. The van der Waals surface area contributed by atoms with E-state index in [-0.39, 0.29) is 5.82 Å². The second-order valence-corrected chi connectivity index (χ2v) is 4.43. The second kappa shape index (κ2) is 7.76. The van der Waals surface area contributed by atoms with Crippen molar-refractivity contribution in [3.63, 3.8) is 0 Å². The minimum Gasteiger partial charge on any atom is -0.315 e. The van der Waals surface area contributed by atoms with Crippen molar-refractivity contribution in [1.29, 1.82) is 0 Å². The topological polar surface area (TPSA) is 24.1 Å². The molecule has 0 aliphatic heterocycles. The van der Waals surface area contributed by atoms with Gasteiger partial charge in [-0.1, -0.05) is 19.1 Å². The summed E-state index contributed by atoms with van der Waals surface area (Å²) in [5.74, 6) is -0.205. The van der Waals surface area contributed by atoms with Gasteiger partial charge in [-0.15, -0.1) is 0 Å². The molecule has 0 aromatic heterocycles. The van der Waals surface area contributed by atoms with Gasteiger partial charge in [0.1, 0.15) is 5.82 Å². The van der Waals surface area contributed by atoms with E-state index in [1.54, 1.807) is 6.07 Å². The lowest BCUT2D eigenvalue weighted by Gasteiger charge is -2.08. The van der Waals surface area contributed by atoms with Crippen LogP contribution in [-0.4, -0.2) is 19.6 Å². The molecule has 0 aliphatic rings. The smallest absolute Gasteiger partial charge is 0.137 e. The summed E-state index contributed by atoms with van der Waals surface area (Å²) in [6, 6.07) is 5.10. The van der Waals surface area contributed by atoms with Gasteiger partial charge in [0.15, 0.2) is 0 Å². The number of benzene rings is 1. The fourth-order valence-corrected chi connectivity index (χ4v) is 1.79. The predicted molar refractivity (Wildman–Crippen MR) is 69.0 cm³/mol. The van der Waals surface area contributed by atoms with Crippen LogP contribution in [0.25, 0.3) is 0 Å². The first-order chi connectivity index (χ1) is 7.75. The Labute approximate surface area is 105 Å². The fourth-order valence-electron chi connectivity index (χ4n) is 1.39. The molecule has 0 aliphatic carbocycles. The molecular weight excluding hydrogens is 271 g/mol. The van der Waals surface area contributed by atoms with Gasteiger partial charge >= 0.3 is 0 Å². The van der Waals surface area contributed by atoms with Gasteiger partial charge in [0.2, 0.25) is 0 Å². The van der Waals surface area contributed by atoms with Gasteiger partial charge in [0.05, 0.1) is 4.47 Å². The fraction of sp³-hybridized carbons (Fsp3) is 0.500. The Kier molecular flexibility index (Phi) is 6.61. The number of rotatable bonds is 7. The normalized spacial score (nSPS) is 10.7. The maximum absolute atomic E-state index is 13.2. The molecule has 4 heteroatoms. The zero-order chi connectivity index (χ0) is 11.8. The average molecular weight is 289 g/mol. The van der Waals surface area contributed by atoms with E-state index in [0.29, 0.717) is 11.0 Å². The molecule has 0 bridgehead atoms. The number of hydrogen-bond donors (Lipinski definition) is 2. The van der Waals surface area contributed by atoms with Crippen LogP contribution in [0.5, 0.6) is 0 Å². The molecule has 1 aromatic rings. The Morgan fingerprint density at radius 2 is 1.94 bits per heavy atom. The van der Waals surface area contributed by atoms with Crippen LogP contribution in [0.2, 0.25) is 0 Å². The lowest BCUT2D eigenvalue weighted by molar-refractivity contribution is 0.595. The van der Waals surface area contributed by atoms with Gasteiger partial charge in [0.25, 0.3) is 0 Å². The Morgan fingerprint density at radius 3 is 2.69 bits per heavy atom. The highest BCUT2D eigenvalue weighted by Crippen LogP contribution is 2.19. The zero-order valence-electron chi connectivity index (χ0n) is 9.52. The molecule has 2 N–H and O–H groups in total. The number of halogens is 2. The Hall–Kier alpha value is -0.450. The van der Waals surface area contributed by atoms with E-state index in [1.807, 2.05) is 6.07 Å². The average Bonchev–Trinajstić information content (AvgIpc) is 2.29. The lowest BCUT2D eigenvalue weighted by atomic mass is 10.2. The van der Waals surface area contributed by atoms with Crippen molar-refractivity contribution in [2.24, 2.45) is 0 Å². The molecule has 0 unspecified atom stereocenters. The molecule has 2 nitrogen and oxygen atoms in total. The lowest BCUT2D eigenvalue weighted by Crippen LogP contribution is -2.27. The van der Waals surface area contributed by atoms with Gasteiger partial charge in [-0.2, -0.15) is 0 Å². The van der Waals surface area contributed by atoms with Gasteiger partial charge in [-0.05, 0) is 40.5 Å². The summed E-state index contributed by atoms with van der Waals surface area (Å²) in [5, 5.41) is 6.57. The zero-order valence-corrected chi connectivity index (χ0v) is 11.1. The van der Waals surface area contributed by atoms with Crippen LogP contribution in [0.15, 0.2) is 22.7 Å². The molecule has 0 radical (unpaired) electrons. The van der Waals surface area contributed by atoms with Crippen molar-refractivity contribution in [2.75, 3.05) is 19.6 Å². The van der Waals surface area contributed by atoms with E-state index in [1.165, 1.54) is 6.07 Å². The second-order valence-electron chi connectivity index (χ2n) is 3.64. The predicted octanol–water partition coefficient (Wildman–Crippen LogP) is 2.68. The van der Waals surface area contributed by atoms with Crippen LogP contribution >= 0.6 is 15.9 Å². The van der Waals surface area contributed by atoms with Crippen molar-refractivity contribution in [1.82, 2.24) is 10.6 Å². The maximum atomic E-state index is 13.2. The molecule has 1 aromatic carbocycles.